The lowest BCUT2D eigenvalue weighted by Crippen LogP contribution is -2.32. The molecule has 0 saturated carbocycles. The second kappa shape index (κ2) is 7.07. The van der Waals surface area contributed by atoms with Crippen molar-refractivity contribution in [2.45, 2.75) is 12.6 Å². The van der Waals surface area contributed by atoms with Gasteiger partial charge in [-0.3, -0.25) is 4.90 Å². The normalized spacial score (nSPS) is 12.6. The minimum Gasteiger partial charge on any atom is -0.491 e. The van der Waals surface area contributed by atoms with Crippen molar-refractivity contribution < 1.29 is 18.7 Å². The highest BCUT2D eigenvalue weighted by Gasteiger charge is 2.10. The topological polar surface area (TPSA) is 45.8 Å². The maximum atomic E-state index is 12.7. The second-order valence-corrected chi connectivity index (χ2v) is 4.69. The Morgan fingerprint density at radius 1 is 1.30 bits per heavy atom. The van der Waals surface area contributed by atoms with E-state index in [-0.39, 0.29) is 12.4 Å². The molecule has 0 aliphatic rings. The molecule has 2 rings (SSSR count). The molecule has 1 atom stereocenters. The number of halogens is 1. The van der Waals surface area contributed by atoms with Crippen LogP contribution in [-0.2, 0) is 6.54 Å². The Balaban J connectivity index is 1.71. The molecule has 5 heteroatoms. The lowest BCUT2D eigenvalue weighted by molar-refractivity contribution is 0.0725. The molecule has 4 nitrogen and oxygen atoms in total. The third kappa shape index (κ3) is 4.68. The molecule has 0 bridgehead atoms. The first-order valence-electron chi connectivity index (χ1n) is 6.41. The van der Waals surface area contributed by atoms with Crippen LogP contribution in [0.3, 0.4) is 0 Å². The van der Waals surface area contributed by atoms with Crippen molar-refractivity contribution >= 4 is 0 Å². The largest absolute Gasteiger partial charge is 0.491 e. The Labute approximate surface area is 117 Å². The number of ether oxygens (including phenoxy) is 1. The third-order valence-corrected chi connectivity index (χ3v) is 2.78. The fraction of sp³-hybridized carbons (Fsp3) is 0.333. The molecule has 1 aromatic heterocycles. The van der Waals surface area contributed by atoms with Crippen LogP contribution in [0.4, 0.5) is 4.39 Å². The van der Waals surface area contributed by atoms with Gasteiger partial charge in [0.25, 0.3) is 0 Å². The van der Waals surface area contributed by atoms with E-state index in [4.69, 9.17) is 9.15 Å². The van der Waals surface area contributed by atoms with Crippen LogP contribution >= 0.6 is 0 Å². The minimum absolute atomic E-state index is 0.161. The highest BCUT2D eigenvalue weighted by atomic mass is 19.1. The number of aliphatic hydroxyl groups is 1. The van der Waals surface area contributed by atoms with Crippen molar-refractivity contribution in [3.05, 3.63) is 54.2 Å². The molecule has 2 aromatic rings. The molecule has 0 radical (unpaired) electrons. The summed E-state index contributed by atoms with van der Waals surface area (Å²) in [6.07, 6.45) is 0.997. The summed E-state index contributed by atoms with van der Waals surface area (Å²) in [5, 5.41) is 9.89. The van der Waals surface area contributed by atoms with Gasteiger partial charge in [-0.25, -0.2) is 4.39 Å². The van der Waals surface area contributed by atoms with E-state index < -0.39 is 6.10 Å². The van der Waals surface area contributed by atoms with Crippen molar-refractivity contribution in [3.8, 4) is 5.75 Å². The molecule has 1 N–H and O–H groups in total. The predicted octanol–water partition coefficient (Wildman–Crippen LogP) is 2.29. The Bertz CT molecular complexity index is 498. The smallest absolute Gasteiger partial charge is 0.123 e. The molecule has 0 amide bonds. The van der Waals surface area contributed by atoms with E-state index in [0.29, 0.717) is 18.8 Å². The summed E-state index contributed by atoms with van der Waals surface area (Å²) in [5.74, 6) is 1.08. The molecule has 0 unspecified atom stereocenters. The molecule has 1 aromatic carbocycles. The SMILES string of the molecule is CN(Cc1ccco1)C[C@H](O)COc1ccc(F)cc1. The summed E-state index contributed by atoms with van der Waals surface area (Å²) in [6, 6.07) is 9.44. The monoisotopic (exact) mass is 279 g/mol. The summed E-state index contributed by atoms with van der Waals surface area (Å²) < 4.78 is 23.3. The van der Waals surface area contributed by atoms with Crippen molar-refractivity contribution in [1.29, 1.82) is 0 Å². The van der Waals surface area contributed by atoms with E-state index in [1.807, 2.05) is 24.1 Å². The van der Waals surface area contributed by atoms with Gasteiger partial charge in [-0.05, 0) is 43.4 Å². The van der Waals surface area contributed by atoms with E-state index in [9.17, 15) is 9.50 Å². The zero-order valence-corrected chi connectivity index (χ0v) is 11.3. The number of aliphatic hydroxyl groups excluding tert-OH is 1. The van der Waals surface area contributed by atoms with Gasteiger partial charge in [0, 0.05) is 6.54 Å². The standard InChI is InChI=1S/C15H18FNO3/c1-17(10-15-3-2-8-19-15)9-13(18)11-20-14-6-4-12(16)5-7-14/h2-8,13,18H,9-11H2,1H3/t13-/m0/s1. The first-order valence-corrected chi connectivity index (χ1v) is 6.41. The molecule has 1 heterocycles. The van der Waals surface area contributed by atoms with Gasteiger partial charge in [0.1, 0.15) is 30.0 Å². The highest BCUT2D eigenvalue weighted by molar-refractivity contribution is 5.22. The highest BCUT2D eigenvalue weighted by Crippen LogP contribution is 2.11. The van der Waals surface area contributed by atoms with Crippen LogP contribution in [0.15, 0.2) is 47.1 Å². The van der Waals surface area contributed by atoms with Gasteiger partial charge in [0.15, 0.2) is 0 Å². The van der Waals surface area contributed by atoms with Gasteiger partial charge in [0.05, 0.1) is 12.8 Å². The molecule has 0 spiro atoms. The quantitative estimate of drug-likeness (QED) is 0.844. The molecule has 0 aliphatic carbocycles. The maximum absolute atomic E-state index is 12.7. The van der Waals surface area contributed by atoms with Crippen LogP contribution < -0.4 is 4.74 Å². The van der Waals surface area contributed by atoms with Gasteiger partial charge in [-0.1, -0.05) is 0 Å². The fourth-order valence-corrected chi connectivity index (χ4v) is 1.87. The number of furan rings is 1. The molecular weight excluding hydrogens is 261 g/mol. The number of nitrogens with zero attached hydrogens (tertiary/aromatic N) is 1. The third-order valence-electron chi connectivity index (χ3n) is 2.78. The van der Waals surface area contributed by atoms with E-state index in [1.165, 1.54) is 24.3 Å². The summed E-state index contributed by atoms with van der Waals surface area (Å²) in [7, 11) is 1.89. The van der Waals surface area contributed by atoms with Crippen molar-refractivity contribution in [3.63, 3.8) is 0 Å². The second-order valence-electron chi connectivity index (χ2n) is 4.69. The van der Waals surface area contributed by atoms with Gasteiger partial charge < -0.3 is 14.3 Å². The molecule has 0 aliphatic heterocycles. The van der Waals surface area contributed by atoms with Crippen LogP contribution in [0.5, 0.6) is 5.75 Å². The number of hydrogen-bond donors (Lipinski definition) is 1. The van der Waals surface area contributed by atoms with E-state index in [0.717, 1.165) is 5.76 Å². The molecule has 0 saturated heterocycles. The van der Waals surface area contributed by atoms with Crippen LogP contribution in [0.2, 0.25) is 0 Å². The Morgan fingerprint density at radius 2 is 2.05 bits per heavy atom. The van der Waals surface area contributed by atoms with Gasteiger partial charge >= 0.3 is 0 Å². The molecule has 20 heavy (non-hydrogen) atoms. The van der Waals surface area contributed by atoms with Crippen LogP contribution in [0.1, 0.15) is 5.76 Å². The lowest BCUT2D eigenvalue weighted by Gasteiger charge is -2.19. The van der Waals surface area contributed by atoms with Crippen molar-refractivity contribution in [2.75, 3.05) is 20.2 Å². The summed E-state index contributed by atoms with van der Waals surface area (Å²) in [5.41, 5.74) is 0. The fourth-order valence-electron chi connectivity index (χ4n) is 1.87. The Hall–Kier alpha value is -1.85. The van der Waals surface area contributed by atoms with Crippen LogP contribution in [0, 0.1) is 5.82 Å². The van der Waals surface area contributed by atoms with Gasteiger partial charge in [-0.2, -0.15) is 0 Å². The van der Waals surface area contributed by atoms with Gasteiger partial charge in [0.2, 0.25) is 0 Å². The zero-order valence-electron chi connectivity index (χ0n) is 11.3. The number of hydrogen-bond acceptors (Lipinski definition) is 4. The van der Waals surface area contributed by atoms with E-state index in [2.05, 4.69) is 0 Å². The number of benzene rings is 1. The Kier molecular flexibility index (Phi) is 5.15. The van der Waals surface area contributed by atoms with E-state index in [1.54, 1.807) is 6.26 Å². The Morgan fingerprint density at radius 3 is 2.70 bits per heavy atom. The van der Waals surface area contributed by atoms with Crippen LogP contribution in [-0.4, -0.2) is 36.3 Å². The summed E-state index contributed by atoms with van der Waals surface area (Å²) in [6.45, 7) is 1.25. The number of rotatable bonds is 7. The maximum Gasteiger partial charge on any atom is 0.123 e. The zero-order chi connectivity index (χ0) is 14.4. The summed E-state index contributed by atoms with van der Waals surface area (Å²) in [4.78, 5) is 1.94. The average molecular weight is 279 g/mol. The first-order chi connectivity index (χ1) is 9.63. The summed E-state index contributed by atoms with van der Waals surface area (Å²) >= 11 is 0. The van der Waals surface area contributed by atoms with Crippen molar-refractivity contribution in [1.82, 2.24) is 4.90 Å². The van der Waals surface area contributed by atoms with Crippen molar-refractivity contribution in [2.24, 2.45) is 0 Å². The molecule has 108 valence electrons. The minimum atomic E-state index is -0.625. The average Bonchev–Trinajstić information content (AvgIpc) is 2.90. The van der Waals surface area contributed by atoms with E-state index >= 15 is 0 Å². The molecular formula is C15H18FNO3. The van der Waals surface area contributed by atoms with Crippen LogP contribution in [0.25, 0.3) is 0 Å². The first kappa shape index (κ1) is 14.6. The number of likely N-dealkylation sites (N-methyl/N-ethyl adjacent to an activating group) is 1. The molecule has 0 fully saturated rings. The lowest BCUT2D eigenvalue weighted by atomic mass is 10.3. The van der Waals surface area contributed by atoms with Gasteiger partial charge in [-0.15, -0.1) is 0 Å². The predicted molar refractivity (Wildman–Crippen MR) is 72.9 cm³/mol.